The summed E-state index contributed by atoms with van der Waals surface area (Å²) >= 11 is 3.30. The molecule has 17 heavy (non-hydrogen) atoms. The van der Waals surface area contributed by atoms with Crippen molar-refractivity contribution in [3.63, 3.8) is 0 Å². The minimum absolute atomic E-state index is 0.379. The molecule has 2 heterocycles. The SMILES string of the molecule is O=C(O)CONC(=O)c1cc2c(s1)CCSC2. The molecule has 0 radical (unpaired) electrons. The van der Waals surface area contributed by atoms with Crippen molar-refractivity contribution in [2.45, 2.75) is 12.2 Å². The number of thioether (sulfide) groups is 1. The van der Waals surface area contributed by atoms with Crippen molar-refractivity contribution in [2.75, 3.05) is 12.4 Å². The lowest BCUT2D eigenvalue weighted by Crippen LogP contribution is -2.25. The highest BCUT2D eigenvalue weighted by Crippen LogP contribution is 2.31. The zero-order valence-electron chi connectivity index (χ0n) is 8.89. The van der Waals surface area contributed by atoms with E-state index in [0.29, 0.717) is 4.88 Å². The molecule has 0 aromatic carbocycles. The highest BCUT2D eigenvalue weighted by atomic mass is 32.2. The predicted octanol–water partition coefficient (Wildman–Crippen LogP) is 1.28. The lowest BCUT2D eigenvalue weighted by Gasteiger charge is -2.08. The fourth-order valence-electron chi connectivity index (χ4n) is 1.47. The van der Waals surface area contributed by atoms with Crippen molar-refractivity contribution in [1.29, 1.82) is 0 Å². The first-order chi connectivity index (χ1) is 8.16. The van der Waals surface area contributed by atoms with Crippen LogP contribution in [0.1, 0.15) is 20.1 Å². The second-order valence-electron chi connectivity index (χ2n) is 3.48. The second kappa shape index (κ2) is 5.52. The minimum atomic E-state index is -1.12. The van der Waals surface area contributed by atoms with Gasteiger partial charge in [0.15, 0.2) is 6.61 Å². The van der Waals surface area contributed by atoms with Crippen LogP contribution in [-0.2, 0) is 21.8 Å². The van der Waals surface area contributed by atoms with E-state index >= 15 is 0 Å². The molecule has 1 aliphatic heterocycles. The molecule has 1 amide bonds. The quantitative estimate of drug-likeness (QED) is 0.808. The number of carboxylic acids is 1. The molecule has 1 aliphatic rings. The lowest BCUT2D eigenvalue weighted by molar-refractivity contribution is -0.144. The van der Waals surface area contributed by atoms with Gasteiger partial charge >= 0.3 is 5.97 Å². The third-order valence-electron chi connectivity index (χ3n) is 2.21. The summed E-state index contributed by atoms with van der Waals surface area (Å²) in [6, 6.07) is 1.85. The molecule has 0 bridgehead atoms. The Labute approximate surface area is 106 Å². The van der Waals surface area contributed by atoms with E-state index in [4.69, 9.17) is 5.11 Å². The number of hydrogen-bond acceptors (Lipinski definition) is 5. The van der Waals surface area contributed by atoms with Gasteiger partial charge in [0.2, 0.25) is 0 Å². The number of fused-ring (bicyclic) bond motifs is 1. The molecule has 0 saturated carbocycles. The highest BCUT2D eigenvalue weighted by Gasteiger charge is 2.17. The van der Waals surface area contributed by atoms with Crippen molar-refractivity contribution < 1.29 is 19.5 Å². The van der Waals surface area contributed by atoms with Gasteiger partial charge in [0.05, 0.1) is 4.88 Å². The Morgan fingerprint density at radius 3 is 3.06 bits per heavy atom. The van der Waals surface area contributed by atoms with Gasteiger partial charge in [-0.3, -0.25) is 9.63 Å². The molecule has 0 fully saturated rings. The number of carboxylic acid groups (broad SMARTS) is 1. The third-order valence-corrected chi connectivity index (χ3v) is 4.46. The first kappa shape index (κ1) is 12.4. The van der Waals surface area contributed by atoms with Gasteiger partial charge in [-0.25, -0.2) is 10.3 Å². The number of thiophene rings is 1. The fourth-order valence-corrected chi connectivity index (χ4v) is 3.73. The van der Waals surface area contributed by atoms with Crippen LogP contribution in [0, 0.1) is 0 Å². The zero-order valence-corrected chi connectivity index (χ0v) is 10.5. The highest BCUT2D eigenvalue weighted by molar-refractivity contribution is 7.98. The first-order valence-corrected chi connectivity index (χ1v) is 6.97. The van der Waals surface area contributed by atoms with Crippen molar-refractivity contribution in [2.24, 2.45) is 0 Å². The summed E-state index contributed by atoms with van der Waals surface area (Å²) in [6.45, 7) is -0.535. The minimum Gasteiger partial charge on any atom is -0.479 e. The molecular weight excluding hydrogens is 262 g/mol. The first-order valence-electron chi connectivity index (χ1n) is 5.00. The molecule has 2 N–H and O–H groups in total. The summed E-state index contributed by atoms with van der Waals surface area (Å²) in [5.74, 6) is 0.530. The van der Waals surface area contributed by atoms with Gasteiger partial charge in [-0.1, -0.05) is 0 Å². The van der Waals surface area contributed by atoms with Crippen LogP contribution in [0.4, 0.5) is 0 Å². The molecule has 92 valence electrons. The van der Waals surface area contributed by atoms with Crippen molar-refractivity contribution in [3.8, 4) is 0 Å². The normalized spacial score (nSPS) is 14.1. The molecule has 0 atom stereocenters. The smallest absolute Gasteiger partial charge is 0.332 e. The number of aliphatic carboxylic acids is 1. The van der Waals surface area contributed by atoms with Crippen LogP contribution in [0.5, 0.6) is 0 Å². The number of amides is 1. The van der Waals surface area contributed by atoms with Gasteiger partial charge in [0, 0.05) is 10.6 Å². The summed E-state index contributed by atoms with van der Waals surface area (Å²) in [7, 11) is 0. The number of rotatable bonds is 4. The van der Waals surface area contributed by atoms with E-state index in [0.717, 1.165) is 17.9 Å². The van der Waals surface area contributed by atoms with Gasteiger partial charge in [-0.05, 0) is 23.8 Å². The Hall–Kier alpha value is -1.05. The van der Waals surface area contributed by atoms with E-state index in [1.54, 1.807) is 0 Å². The summed E-state index contributed by atoms with van der Waals surface area (Å²) in [4.78, 5) is 28.2. The van der Waals surface area contributed by atoms with Gasteiger partial charge in [0.25, 0.3) is 5.91 Å². The summed E-state index contributed by atoms with van der Waals surface area (Å²) in [6.07, 6.45) is 0.994. The maximum atomic E-state index is 11.6. The number of aryl methyl sites for hydroxylation is 1. The van der Waals surface area contributed by atoms with E-state index in [-0.39, 0.29) is 5.91 Å². The molecule has 0 aliphatic carbocycles. The van der Waals surface area contributed by atoms with Crippen molar-refractivity contribution in [3.05, 3.63) is 21.4 Å². The molecule has 0 spiro atoms. The maximum Gasteiger partial charge on any atom is 0.332 e. The number of hydrogen-bond donors (Lipinski definition) is 2. The van der Waals surface area contributed by atoms with Crippen LogP contribution in [0.2, 0.25) is 0 Å². The molecule has 7 heteroatoms. The molecule has 0 saturated heterocycles. The van der Waals surface area contributed by atoms with E-state index in [1.807, 2.05) is 17.8 Å². The zero-order chi connectivity index (χ0) is 12.3. The monoisotopic (exact) mass is 273 g/mol. The average Bonchev–Trinajstić information content (AvgIpc) is 2.71. The maximum absolute atomic E-state index is 11.6. The van der Waals surface area contributed by atoms with Crippen molar-refractivity contribution in [1.82, 2.24) is 5.48 Å². The standard InChI is InChI=1S/C10H11NO4S2/c12-9(13)4-15-11-10(14)8-3-6-5-16-2-1-7(6)17-8/h3H,1-2,4-5H2,(H,11,14)(H,12,13). The van der Waals surface area contributed by atoms with E-state index in [9.17, 15) is 9.59 Å². The largest absolute Gasteiger partial charge is 0.479 e. The molecular formula is C10H11NO4S2. The Kier molecular flexibility index (Phi) is 4.03. The van der Waals surface area contributed by atoms with Gasteiger partial charge in [-0.15, -0.1) is 11.3 Å². The van der Waals surface area contributed by atoms with Crippen LogP contribution in [-0.4, -0.2) is 29.3 Å². The van der Waals surface area contributed by atoms with E-state index in [1.165, 1.54) is 21.8 Å². The van der Waals surface area contributed by atoms with Crippen LogP contribution >= 0.6 is 23.1 Å². The Morgan fingerprint density at radius 2 is 2.35 bits per heavy atom. The topological polar surface area (TPSA) is 75.6 Å². The summed E-state index contributed by atoms with van der Waals surface area (Å²) < 4.78 is 0. The Bertz CT molecular complexity index is 420. The summed E-state index contributed by atoms with van der Waals surface area (Å²) in [5, 5.41) is 8.35. The number of carbonyl (C=O) groups excluding carboxylic acids is 1. The molecule has 1 aromatic heterocycles. The Morgan fingerprint density at radius 1 is 1.53 bits per heavy atom. The lowest BCUT2D eigenvalue weighted by atomic mass is 10.2. The van der Waals surface area contributed by atoms with Crippen LogP contribution in [0.25, 0.3) is 0 Å². The number of nitrogens with one attached hydrogen (secondary N) is 1. The van der Waals surface area contributed by atoms with Crippen LogP contribution < -0.4 is 5.48 Å². The van der Waals surface area contributed by atoms with Gasteiger partial charge < -0.3 is 5.11 Å². The van der Waals surface area contributed by atoms with Crippen LogP contribution in [0.15, 0.2) is 6.07 Å². The fraction of sp³-hybridized carbons (Fsp3) is 0.400. The van der Waals surface area contributed by atoms with E-state index < -0.39 is 12.6 Å². The van der Waals surface area contributed by atoms with Gasteiger partial charge in [0.1, 0.15) is 0 Å². The van der Waals surface area contributed by atoms with Crippen LogP contribution in [0.3, 0.4) is 0 Å². The second-order valence-corrected chi connectivity index (χ2v) is 5.72. The molecule has 0 unspecified atom stereocenters. The van der Waals surface area contributed by atoms with E-state index in [2.05, 4.69) is 10.3 Å². The average molecular weight is 273 g/mol. The molecule has 5 nitrogen and oxygen atoms in total. The summed E-state index contributed by atoms with van der Waals surface area (Å²) in [5.41, 5.74) is 3.33. The number of hydroxylamine groups is 1. The third kappa shape index (κ3) is 3.21. The molecule has 2 rings (SSSR count). The molecule has 1 aromatic rings. The number of carbonyl (C=O) groups is 2. The predicted molar refractivity (Wildman–Crippen MR) is 65.2 cm³/mol. The van der Waals surface area contributed by atoms with Crippen molar-refractivity contribution >= 4 is 35.0 Å². The Balaban J connectivity index is 1.95. The van der Waals surface area contributed by atoms with Gasteiger partial charge in [-0.2, -0.15) is 11.8 Å².